The van der Waals surface area contributed by atoms with Crippen LogP contribution in [0.1, 0.15) is 0 Å². The summed E-state index contributed by atoms with van der Waals surface area (Å²) >= 11 is 11.9. The maximum absolute atomic E-state index is 12.6. The number of pyridine rings is 1. The van der Waals surface area contributed by atoms with Gasteiger partial charge in [-0.15, -0.1) is 0 Å². The summed E-state index contributed by atoms with van der Waals surface area (Å²) in [6.45, 7) is 2.22. The minimum atomic E-state index is -3.54. The van der Waals surface area contributed by atoms with Crippen LogP contribution in [0.25, 0.3) is 0 Å². The van der Waals surface area contributed by atoms with E-state index in [0.717, 1.165) is 0 Å². The van der Waals surface area contributed by atoms with E-state index in [4.69, 9.17) is 27.9 Å². The number of sulfonamides is 1. The van der Waals surface area contributed by atoms with Crippen LogP contribution in [0.5, 0.6) is 5.75 Å². The first-order chi connectivity index (χ1) is 13.4. The molecule has 1 aromatic heterocycles. The molecule has 0 aliphatic carbocycles. The molecule has 0 saturated carbocycles. The van der Waals surface area contributed by atoms with Crippen molar-refractivity contribution in [2.45, 2.75) is 11.0 Å². The monoisotopic (exact) mass is 445 g/mol. The van der Waals surface area contributed by atoms with E-state index in [1.807, 2.05) is 4.90 Å². The number of piperazine rings is 1. The number of halogens is 2. The van der Waals surface area contributed by atoms with Crippen molar-refractivity contribution in [3.63, 3.8) is 0 Å². The van der Waals surface area contributed by atoms with Crippen molar-refractivity contribution in [3.05, 3.63) is 52.8 Å². The van der Waals surface area contributed by atoms with Crippen molar-refractivity contribution in [2.75, 3.05) is 39.3 Å². The molecule has 2 heterocycles. The van der Waals surface area contributed by atoms with Gasteiger partial charge in [0.25, 0.3) is 0 Å². The van der Waals surface area contributed by atoms with Gasteiger partial charge in [-0.1, -0.05) is 23.2 Å². The molecule has 1 atom stereocenters. The summed E-state index contributed by atoms with van der Waals surface area (Å²) in [5.41, 5.74) is 0. The normalized spacial score (nSPS) is 17.4. The van der Waals surface area contributed by atoms with Crippen LogP contribution in [0.3, 0.4) is 0 Å². The van der Waals surface area contributed by atoms with E-state index < -0.39 is 16.1 Å². The third-order valence-electron chi connectivity index (χ3n) is 4.40. The Morgan fingerprint density at radius 1 is 1.18 bits per heavy atom. The number of β-amino-alcohol motifs (C(OH)–C–C–N with tert-alkyl or cyclic N) is 1. The van der Waals surface area contributed by atoms with Gasteiger partial charge >= 0.3 is 0 Å². The summed E-state index contributed by atoms with van der Waals surface area (Å²) in [6, 6.07) is 8.04. The molecule has 1 fully saturated rings. The van der Waals surface area contributed by atoms with Crippen LogP contribution >= 0.6 is 23.2 Å². The van der Waals surface area contributed by atoms with Gasteiger partial charge in [-0.3, -0.25) is 9.88 Å². The third kappa shape index (κ3) is 5.34. The number of nitrogens with zero attached hydrogens (tertiary/aromatic N) is 3. The maximum atomic E-state index is 12.6. The lowest BCUT2D eigenvalue weighted by Gasteiger charge is -2.34. The minimum Gasteiger partial charge on any atom is -0.489 e. The molecule has 1 aliphatic rings. The van der Waals surface area contributed by atoms with E-state index in [1.165, 1.54) is 22.8 Å². The van der Waals surface area contributed by atoms with Gasteiger partial charge in [-0.2, -0.15) is 4.31 Å². The predicted molar refractivity (Wildman–Crippen MR) is 107 cm³/mol. The quantitative estimate of drug-likeness (QED) is 0.702. The highest BCUT2D eigenvalue weighted by Gasteiger charge is 2.29. The molecule has 7 nitrogen and oxygen atoms in total. The number of rotatable bonds is 7. The molecule has 0 radical (unpaired) electrons. The predicted octanol–water partition coefficient (Wildman–Crippen LogP) is 2.13. The summed E-state index contributed by atoms with van der Waals surface area (Å²) in [6.07, 6.45) is 2.16. The van der Waals surface area contributed by atoms with Gasteiger partial charge in [0.05, 0.1) is 5.02 Å². The molecule has 152 valence electrons. The Morgan fingerprint density at radius 2 is 1.93 bits per heavy atom. The van der Waals surface area contributed by atoms with Crippen molar-refractivity contribution in [3.8, 4) is 5.75 Å². The zero-order valence-electron chi connectivity index (χ0n) is 15.0. The number of aliphatic hydroxyl groups is 1. The average molecular weight is 446 g/mol. The van der Waals surface area contributed by atoms with Crippen LogP contribution < -0.4 is 4.74 Å². The van der Waals surface area contributed by atoms with Gasteiger partial charge in [0.1, 0.15) is 23.4 Å². The number of aromatic nitrogens is 1. The van der Waals surface area contributed by atoms with Gasteiger partial charge < -0.3 is 9.84 Å². The van der Waals surface area contributed by atoms with E-state index in [2.05, 4.69) is 4.98 Å². The molecule has 1 aliphatic heterocycles. The number of benzene rings is 1. The van der Waals surface area contributed by atoms with E-state index in [-0.39, 0.29) is 11.5 Å². The molecule has 0 spiro atoms. The lowest BCUT2D eigenvalue weighted by molar-refractivity contribution is 0.0569. The molecule has 3 rings (SSSR count). The Hall–Kier alpha value is -1.42. The summed E-state index contributed by atoms with van der Waals surface area (Å²) in [4.78, 5) is 6.07. The molecule has 10 heteroatoms. The largest absolute Gasteiger partial charge is 0.489 e. The Balaban J connectivity index is 1.47. The van der Waals surface area contributed by atoms with E-state index >= 15 is 0 Å². The second kappa shape index (κ2) is 9.39. The van der Waals surface area contributed by atoms with Crippen molar-refractivity contribution < 1.29 is 18.3 Å². The first-order valence-electron chi connectivity index (χ1n) is 8.75. The maximum Gasteiger partial charge on any atom is 0.244 e. The highest BCUT2D eigenvalue weighted by atomic mass is 35.5. The molecule has 2 aromatic rings. The SMILES string of the molecule is O=S(=O)(c1cccnc1)N1CCN(CC(O)COc2ccc(Cl)cc2Cl)CC1. The second-order valence-corrected chi connectivity index (χ2v) is 9.21. The van der Waals surface area contributed by atoms with Crippen molar-refractivity contribution >= 4 is 33.2 Å². The Morgan fingerprint density at radius 3 is 2.57 bits per heavy atom. The van der Waals surface area contributed by atoms with E-state index in [1.54, 1.807) is 24.3 Å². The molecule has 0 amide bonds. The van der Waals surface area contributed by atoms with Crippen LogP contribution in [-0.4, -0.2) is 73.1 Å². The van der Waals surface area contributed by atoms with Crippen molar-refractivity contribution in [2.24, 2.45) is 0 Å². The molecule has 1 unspecified atom stereocenters. The Bertz CT molecular complexity index is 891. The number of ether oxygens (including phenoxy) is 1. The molecule has 28 heavy (non-hydrogen) atoms. The fraction of sp³-hybridized carbons (Fsp3) is 0.389. The zero-order valence-corrected chi connectivity index (χ0v) is 17.4. The van der Waals surface area contributed by atoms with Crippen molar-refractivity contribution in [1.29, 1.82) is 0 Å². The number of hydrogen-bond acceptors (Lipinski definition) is 6. The molecular formula is C18H21Cl2N3O4S. The topological polar surface area (TPSA) is 83.0 Å². The van der Waals surface area contributed by atoms with Gasteiger partial charge in [0.2, 0.25) is 10.0 Å². The number of hydrogen-bond donors (Lipinski definition) is 1. The highest BCUT2D eigenvalue weighted by molar-refractivity contribution is 7.89. The Kier molecular flexibility index (Phi) is 7.14. The first kappa shape index (κ1) is 21.3. The summed E-state index contributed by atoms with van der Waals surface area (Å²) in [7, 11) is -3.54. The van der Waals surface area contributed by atoms with Crippen molar-refractivity contribution in [1.82, 2.24) is 14.2 Å². The van der Waals surface area contributed by atoms with Gasteiger partial charge in [0.15, 0.2) is 0 Å². The van der Waals surface area contributed by atoms with Crippen LogP contribution in [-0.2, 0) is 10.0 Å². The zero-order chi connectivity index (χ0) is 20.1. The van der Waals surface area contributed by atoms with Crippen LogP contribution in [0.4, 0.5) is 0 Å². The van der Waals surface area contributed by atoms with E-state index in [0.29, 0.717) is 48.5 Å². The smallest absolute Gasteiger partial charge is 0.244 e. The van der Waals surface area contributed by atoms with E-state index in [9.17, 15) is 13.5 Å². The minimum absolute atomic E-state index is 0.0789. The standard InChI is InChI=1S/C18H21Cl2N3O4S/c19-14-3-4-18(17(20)10-14)27-13-15(24)12-22-6-8-23(9-7-22)28(25,26)16-2-1-5-21-11-16/h1-5,10-11,15,24H,6-9,12-13H2. The average Bonchev–Trinajstić information content (AvgIpc) is 2.68. The molecule has 1 saturated heterocycles. The molecule has 1 N–H and O–H groups in total. The summed E-state index contributed by atoms with van der Waals surface area (Å²) in [5.74, 6) is 0.456. The summed E-state index contributed by atoms with van der Waals surface area (Å²) < 4.78 is 32.2. The van der Waals surface area contributed by atoms with Crippen LogP contribution in [0.2, 0.25) is 10.0 Å². The molecule has 1 aromatic carbocycles. The third-order valence-corrected chi connectivity index (χ3v) is 6.81. The second-order valence-electron chi connectivity index (χ2n) is 6.43. The van der Waals surface area contributed by atoms with Crippen LogP contribution in [0, 0.1) is 0 Å². The number of aliphatic hydroxyl groups excluding tert-OH is 1. The van der Waals surface area contributed by atoms with Gasteiger partial charge in [-0.05, 0) is 30.3 Å². The van der Waals surface area contributed by atoms with Gasteiger partial charge in [-0.25, -0.2) is 8.42 Å². The first-order valence-corrected chi connectivity index (χ1v) is 10.9. The molecular weight excluding hydrogens is 425 g/mol. The lowest BCUT2D eigenvalue weighted by atomic mass is 10.3. The highest BCUT2D eigenvalue weighted by Crippen LogP contribution is 2.27. The fourth-order valence-corrected chi connectivity index (χ4v) is 4.78. The van der Waals surface area contributed by atoms with Crippen LogP contribution in [0.15, 0.2) is 47.6 Å². The molecule has 0 bridgehead atoms. The summed E-state index contributed by atoms with van der Waals surface area (Å²) in [5, 5.41) is 11.1. The Labute approximate surface area is 174 Å². The fourth-order valence-electron chi connectivity index (χ4n) is 2.93. The van der Waals surface area contributed by atoms with Gasteiger partial charge in [0, 0.05) is 50.1 Å². The lowest BCUT2D eigenvalue weighted by Crippen LogP contribution is -2.50.